The molecule has 1 aliphatic rings. The van der Waals surface area contributed by atoms with Gasteiger partial charge in [-0.1, -0.05) is 59.7 Å². The largest absolute Gasteiger partial charge is 0.384 e. The Kier molecular flexibility index (Phi) is 5.01. The number of nitrogens with one attached hydrogen (secondary N) is 1. The summed E-state index contributed by atoms with van der Waals surface area (Å²) in [5.74, 6) is 0.265. The lowest BCUT2D eigenvalue weighted by atomic mass is 9.84. The van der Waals surface area contributed by atoms with Crippen LogP contribution in [0.25, 0.3) is 11.3 Å². The number of hydrogen-bond acceptors (Lipinski definition) is 4. The molecule has 2 atom stereocenters. The molecule has 3 aromatic rings. The van der Waals surface area contributed by atoms with Gasteiger partial charge in [0, 0.05) is 23.7 Å². The molecule has 1 fully saturated rings. The van der Waals surface area contributed by atoms with Gasteiger partial charge in [0.1, 0.15) is 11.7 Å². The quantitative estimate of drug-likeness (QED) is 0.738. The lowest BCUT2D eigenvalue weighted by Gasteiger charge is -2.28. The van der Waals surface area contributed by atoms with E-state index in [0.29, 0.717) is 6.54 Å². The first-order valence-corrected chi connectivity index (χ1v) is 9.52. The van der Waals surface area contributed by atoms with Crippen molar-refractivity contribution >= 4 is 11.5 Å². The number of anilines is 1. The molecule has 2 aromatic carbocycles. The van der Waals surface area contributed by atoms with E-state index in [2.05, 4.69) is 34.7 Å². The molecule has 0 amide bonds. The third kappa shape index (κ3) is 3.92. The van der Waals surface area contributed by atoms with E-state index in [4.69, 9.17) is 0 Å². The highest BCUT2D eigenvalue weighted by Gasteiger charge is 2.33. The first-order chi connectivity index (χ1) is 13.2. The summed E-state index contributed by atoms with van der Waals surface area (Å²) in [7, 11) is 0. The van der Waals surface area contributed by atoms with Crippen molar-refractivity contribution in [2.45, 2.75) is 32.2 Å². The van der Waals surface area contributed by atoms with Gasteiger partial charge in [0.15, 0.2) is 5.78 Å². The molecule has 4 rings (SSSR count). The van der Waals surface area contributed by atoms with Crippen LogP contribution in [0.15, 0.2) is 60.8 Å². The number of ketones is 1. The predicted octanol–water partition coefficient (Wildman–Crippen LogP) is 4.28. The summed E-state index contributed by atoms with van der Waals surface area (Å²) in [5.41, 5.74) is 4.10. The van der Waals surface area contributed by atoms with Gasteiger partial charge >= 0.3 is 0 Å². The second-order valence-electron chi connectivity index (χ2n) is 7.24. The normalized spacial score (nSPS) is 19.8. The van der Waals surface area contributed by atoms with Gasteiger partial charge in [0.25, 0.3) is 0 Å². The molecule has 0 saturated heterocycles. The van der Waals surface area contributed by atoms with E-state index < -0.39 is 0 Å². The summed E-state index contributed by atoms with van der Waals surface area (Å²) in [5, 5.41) is 11.9. The van der Waals surface area contributed by atoms with E-state index in [-0.39, 0.29) is 17.7 Å². The Morgan fingerprint density at radius 1 is 1.07 bits per heavy atom. The zero-order valence-corrected chi connectivity index (χ0v) is 15.5. The van der Waals surface area contributed by atoms with Crippen molar-refractivity contribution in [1.29, 1.82) is 0 Å². The number of rotatable bonds is 5. The lowest BCUT2D eigenvalue weighted by Crippen LogP contribution is -2.34. The molecule has 0 aliphatic heterocycles. The molecule has 138 valence electrons. The fourth-order valence-corrected chi connectivity index (χ4v) is 3.66. The minimum atomic E-state index is -0.215. The average molecular weight is 360 g/mol. The third-order valence-electron chi connectivity index (χ3n) is 5.26. The molecular formula is C22H24N4O. The maximum atomic E-state index is 13.0. The van der Waals surface area contributed by atoms with E-state index in [1.165, 1.54) is 5.56 Å². The smallest absolute Gasteiger partial charge is 0.162 e. The van der Waals surface area contributed by atoms with E-state index >= 15 is 0 Å². The van der Waals surface area contributed by atoms with Gasteiger partial charge in [-0.15, -0.1) is 5.10 Å². The summed E-state index contributed by atoms with van der Waals surface area (Å²) in [6, 6.07) is 18.0. The second-order valence-corrected chi connectivity index (χ2v) is 7.24. The van der Waals surface area contributed by atoms with Crippen LogP contribution in [0.5, 0.6) is 0 Å². The standard InChI is InChI=1S/C22H24N4O/c1-16-10-12-17(13-11-16)20-15-26(25-24-20)21-9-5-6-18(22(21)27)14-23-19-7-3-2-4-8-19/h2-4,7-8,10-13,15,18,21,23H,5-6,9,14H2,1H3/t18-,21?/m0/s1. The Balaban J connectivity index is 1.45. The Hall–Kier alpha value is -2.95. The first-order valence-electron chi connectivity index (χ1n) is 9.52. The number of aromatic nitrogens is 3. The molecule has 0 radical (unpaired) electrons. The number of carbonyl (C=O) groups is 1. The molecule has 27 heavy (non-hydrogen) atoms. The Labute approximate surface area is 159 Å². The van der Waals surface area contributed by atoms with Crippen LogP contribution < -0.4 is 5.32 Å². The van der Waals surface area contributed by atoms with Crippen molar-refractivity contribution in [2.75, 3.05) is 11.9 Å². The van der Waals surface area contributed by atoms with Crippen LogP contribution in [0.2, 0.25) is 0 Å². The van der Waals surface area contributed by atoms with Gasteiger partial charge in [-0.2, -0.15) is 0 Å². The number of aryl methyl sites for hydroxylation is 1. The molecule has 5 heteroatoms. The summed E-state index contributed by atoms with van der Waals surface area (Å²) in [4.78, 5) is 13.0. The molecule has 0 bridgehead atoms. The van der Waals surface area contributed by atoms with Crippen LogP contribution >= 0.6 is 0 Å². The predicted molar refractivity (Wildman–Crippen MR) is 107 cm³/mol. The van der Waals surface area contributed by atoms with Crippen molar-refractivity contribution in [1.82, 2.24) is 15.0 Å². The molecule has 0 spiro atoms. The summed E-state index contributed by atoms with van der Waals surface area (Å²) in [6.45, 7) is 2.73. The number of para-hydroxylation sites is 1. The summed E-state index contributed by atoms with van der Waals surface area (Å²) < 4.78 is 1.76. The minimum absolute atomic E-state index is 0.0102. The topological polar surface area (TPSA) is 59.8 Å². The second kappa shape index (κ2) is 7.74. The van der Waals surface area contributed by atoms with Crippen molar-refractivity contribution in [3.8, 4) is 11.3 Å². The number of benzene rings is 2. The Morgan fingerprint density at radius 3 is 2.63 bits per heavy atom. The highest BCUT2D eigenvalue weighted by atomic mass is 16.1. The van der Waals surface area contributed by atoms with E-state index in [0.717, 1.165) is 36.2 Å². The number of hydrogen-bond donors (Lipinski definition) is 1. The van der Waals surface area contributed by atoms with Crippen LogP contribution in [-0.4, -0.2) is 27.3 Å². The average Bonchev–Trinajstić information content (AvgIpc) is 3.18. The number of nitrogens with zero attached hydrogens (tertiary/aromatic N) is 3. The molecule has 1 saturated carbocycles. The van der Waals surface area contributed by atoms with E-state index in [1.807, 2.05) is 48.7 Å². The molecule has 1 unspecified atom stereocenters. The van der Waals surface area contributed by atoms with Gasteiger partial charge in [-0.25, -0.2) is 4.68 Å². The fourth-order valence-electron chi connectivity index (χ4n) is 3.66. The first kappa shape index (κ1) is 17.5. The van der Waals surface area contributed by atoms with Gasteiger partial charge in [-0.05, 0) is 31.9 Å². The maximum Gasteiger partial charge on any atom is 0.162 e. The zero-order valence-electron chi connectivity index (χ0n) is 15.5. The highest BCUT2D eigenvalue weighted by molar-refractivity contribution is 5.86. The Bertz CT molecular complexity index is 902. The molecule has 1 aliphatic carbocycles. The fraction of sp³-hybridized carbons (Fsp3) is 0.318. The molecule has 1 aromatic heterocycles. The maximum absolute atomic E-state index is 13.0. The van der Waals surface area contributed by atoms with Gasteiger partial charge in [0.05, 0.1) is 6.20 Å². The Morgan fingerprint density at radius 2 is 1.85 bits per heavy atom. The number of carbonyl (C=O) groups excluding carboxylic acids is 1. The van der Waals surface area contributed by atoms with Crippen molar-refractivity contribution in [3.63, 3.8) is 0 Å². The van der Waals surface area contributed by atoms with Crippen molar-refractivity contribution in [2.24, 2.45) is 5.92 Å². The van der Waals surface area contributed by atoms with Gasteiger partial charge < -0.3 is 5.32 Å². The summed E-state index contributed by atoms with van der Waals surface area (Å²) >= 11 is 0. The highest BCUT2D eigenvalue weighted by Crippen LogP contribution is 2.30. The van der Waals surface area contributed by atoms with Crippen LogP contribution in [-0.2, 0) is 4.79 Å². The van der Waals surface area contributed by atoms with Crippen molar-refractivity contribution < 1.29 is 4.79 Å². The third-order valence-corrected chi connectivity index (χ3v) is 5.26. The molecular weight excluding hydrogens is 336 g/mol. The van der Waals surface area contributed by atoms with Crippen LogP contribution in [0.1, 0.15) is 30.9 Å². The number of Topliss-reactive ketones (excluding diaryl/α,β-unsaturated/α-hetero) is 1. The van der Waals surface area contributed by atoms with E-state index in [9.17, 15) is 4.79 Å². The monoisotopic (exact) mass is 360 g/mol. The van der Waals surface area contributed by atoms with Crippen LogP contribution in [0.3, 0.4) is 0 Å². The van der Waals surface area contributed by atoms with E-state index in [1.54, 1.807) is 4.68 Å². The van der Waals surface area contributed by atoms with Gasteiger partial charge in [0.2, 0.25) is 0 Å². The van der Waals surface area contributed by atoms with Crippen LogP contribution in [0.4, 0.5) is 5.69 Å². The lowest BCUT2D eigenvalue weighted by molar-refractivity contribution is -0.128. The zero-order chi connectivity index (χ0) is 18.6. The molecule has 1 heterocycles. The molecule has 1 N–H and O–H groups in total. The summed E-state index contributed by atoms with van der Waals surface area (Å²) in [6.07, 6.45) is 4.68. The minimum Gasteiger partial charge on any atom is -0.384 e. The SMILES string of the molecule is Cc1ccc(-c2cn(C3CCC[C@@H](CNc4ccccc4)C3=O)nn2)cc1. The van der Waals surface area contributed by atoms with Gasteiger partial charge in [-0.3, -0.25) is 4.79 Å². The van der Waals surface area contributed by atoms with Crippen LogP contribution in [0, 0.1) is 12.8 Å². The molecule has 5 nitrogen and oxygen atoms in total. The van der Waals surface area contributed by atoms with Crippen molar-refractivity contribution in [3.05, 3.63) is 66.4 Å².